The molecule has 1 rings (SSSR count). The molecule has 1 aliphatic rings. The van der Waals surface area contributed by atoms with Crippen molar-refractivity contribution in [1.29, 1.82) is 0 Å². The molecule has 0 aromatic carbocycles. The average Bonchev–Trinajstić information content (AvgIpc) is 2.20. The number of carbonyl (C=O) groups excluding carboxylic acids is 2. The summed E-state index contributed by atoms with van der Waals surface area (Å²) >= 11 is 0. The van der Waals surface area contributed by atoms with E-state index in [9.17, 15) is 9.59 Å². The fourth-order valence-electron chi connectivity index (χ4n) is 2.02. The van der Waals surface area contributed by atoms with Gasteiger partial charge in [-0.25, -0.2) is 0 Å². The number of rotatable bonds is 5. The van der Waals surface area contributed by atoms with Crippen LogP contribution in [-0.2, 0) is 9.59 Å². The van der Waals surface area contributed by atoms with E-state index in [4.69, 9.17) is 0 Å². The first kappa shape index (κ1) is 14.0. The molecule has 1 fully saturated rings. The zero-order valence-corrected chi connectivity index (χ0v) is 11.2. The van der Waals surface area contributed by atoms with E-state index < -0.39 is 0 Å². The molecule has 0 unspecified atom stereocenters. The van der Waals surface area contributed by atoms with Gasteiger partial charge in [0.05, 0.1) is 0 Å². The average molecular weight is 240 g/mol. The van der Waals surface area contributed by atoms with Gasteiger partial charge in [-0.2, -0.15) is 0 Å². The lowest BCUT2D eigenvalue weighted by atomic mass is 9.97. The predicted molar refractivity (Wildman–Crippen MR) is 67.4 cm³/mol. The summed E-state index contributed by atoms with van der Waals surface area (Å²) in [5.41, 5.74) is 0. The summed E-state index contributed by atoms with van der Waals surface area (Å²) < 4.78 is 0. The number of hydrogen-bond acceptors (Lipinski definition) is 2. The van der Waals surface area contributed by atoms with E-state index in [0.717, 1.165) is 12.8 Å². The Labute approximate surface area is 104 Å². The van der Waals surface area contributed by atoms with Crippen LogP contribution in [0.2, 0.25) is 0 Å². The molecule has 0 aliphatic carbocycles. The summed E-state index contributed by atoms with van der Waals surface area (Å²) in [5, 5.41) is 5.65. The van der Waals surface area contributed by atoms with Crippen molar-refractivity contribution in [2.75, 3.05) is 0 Å². The van der Waals surface area contributed by atoms with Crippen LogP contribution in [0.4, 0.5) is 0 Å². The van der Waals surface area contributed by atoms with E-state index in [1.165, 1.54) is 0 Å². The number of piperazine rings is 1. The van der Waals surface area contributed by atoms with Crippen LogP contribution in [0.5, 0.6) is 0 Å². The number of amides is 2. The zero-order chi connectivity index (χ0) is 13.0. The van der Waals surface area contributed by atoms with Crippen LogP contribution in [0, 0.1) is 11.8 Å². The summed E-state index contributed by atoms with van der Waals surface area (Å²) in [4.78, 5) is 23.6. The van der Waals surface area contributed by atoms with Crippen LogP contribution in [0.15, 0.2) is 0 Å². The van der Waals surface area contributed by atoms with E-state index in [-0.39, 0.29) is 23.9 Å². The van der Waals surface area contributed by atoms with Crippen molar-refractivity contribution in [2.24, 2.45) is 11.8 Å². The zero-order valence-electron chi connectivity index (χ0n) is 11.2. The molecule has 0 radical (unpaired) electrons. The molecular weight excluding hydrogens is 216 g/mol. The third-order valence-electron chi connectivity index (χ3n) is 3.01. The highest BCUT2D eigenvalue weighted by atomic mass is 16.2. The Kier molecular flexibility index (Phi) is 4.97. The van der Waals surface area contributed by atoms with Gasteiger partial charge in [-0.1, -0.05) is 27.7 Å². The standard InChI is InChI=1S/C13H24N2O2/c1-8(2)5-6-10-12(16)15-11(7-9(3)4)13(17)14-10/h8-11H,5-7H2,1-4H3,(H,14,17)(H,15,16)/t10-,11-/m0/s1. The fourth-order valence-corrected chi connectivity index (χ4v) is 2.02. The Balaban J connectivity index is 2.49. The minimum atomic E-state index is -0.349. The van der Waals surface area contributed by atoms with Gasteiger partial charge in [0.25, 0.3) is 0 Å². The number of nitrogens with one attached hydrogen (secondary N) is 2. The van der Waals surface area contributed by atoms with E-state index in [1.807, 2.05) is 13.8 Å². The van der Waals surface area contributed by atoms with Crippen molar-refractivity contribution in [3.05, 3.63) is 0 Å². The van der Waals surface area contributed by atoms with E-state index in [1.54, 1.807) is 0 Å². The lowest BCUT2D eigenvalue weighted by Crippen LogP contribution is -2.61. The Morgan fingerprint density at radius 2 is 1.47 bits per heavy atom. The summed E-state index contributed by atoms with van der Waals surface area (Å²) in [6.45, 7) is 8.32. The monoisotopic (exact) mass is 240 g/mol. The molecule has 0 aromatic heterocycles. The summed E-state index contributed by atoms with van der Waals surface area (Å²) in [6, 6.07) is -0.689. The summed E-state index contributed by atoms with van der Waals surface area (Å²) in [5.74, 6) is 0.884. The Hall–Kier alpha value is -1.06. The molecule has 17 heavy (non-hydrogen) atoms. The van der Waals surface area contributed by atoms with Gasteiger partial charge in [-0.3, -0.25) is 9.59 Å². The maximum Gasteiger partial charge on any atom is 0.243 e. The highest BCUT2D eigenvalue weighted by Gasteiger charge is 2.33. The van der Waals surface area contributed by atoms with Gasteiger partial charge in [0.15, 0.2) is 0 Å². The Bertz CT molecular complexity index is 287. The molecule has 1 saturated heterocycles. The molecule has 2 atom stereocenters. The van der Waals surface area contributed by atoms with Gasteiger partial charge in [0.1, 0.15) is 12.1 Å². The molecule has 4 nitrogen and oxygen atoms in total. The first-order valence-corrected chi connectivity index (χ1v) is 6.51. The molecular formula is C13H24N2O2. The Morgan fingerprint density at radius 3 is 2.00 bits per heavy atom. The van der Waals surface area contributed by atoms with Crippen LogP contribution < -0.4 is 10.6 Å². The molecule has 1 aliphatic heterocycles. The molecule has 0 saturated carbocycles. The van der Waals surface area contributed by atoms with Crippen LogP contribution >= 0.6 is 0 Å². The lowest BCUT2D eigenvalue weighted by Gasteiger charge is -2.30. The number of carbonyl (C=O) groups is 2. The van der Waals surface area contributed by atoms with Gasteiger partial charge < -0.3 is 10.6 Å². The van der Waals surface area contributed by atoms with Gasteiger partial charge in [-0.05, 0) is 31.1 Å². The lowest BCUT2D eigenvalue weighted by molar-refractivity contribution is -0.137. The predicted octanol–water partition coefficient (Wildman–Crippen LogP) is 1.45. The van der Waals surface area contributed by atoms with Crippen molar-refractivity contribution < 1.29 is 9.59 Å². The van der Waals surface area contributed by atoms with Gasteiger partial charge in [-0.15, -0.1) is 0 Å². The topological polar surface area (TPSA) is 58.2 Å². The molecule has 0 aromatic rings. The first-order valence-electron chi connectivity index (χ1n) is 6.51. The first-order chi connectivity index (χ1) is 7.90. The molecule has 2 amide bonds. The van der Waals surface area contributed by atoms with Crippen molar-refractivity contribution in [1.82, 2.24) is 10.6 Å². The van der Waals surface area contributed by atoms with Gasteiger partial charge in [0, 0.05) is 0 Å². The summed E-state index contributed by atoms with van der Waals surface area (Å²) in [6.07, 6.45) is 2.38. The third kappa shape index (κ3) is 4.36. The van der Waals surface area contributed by atoms with Crippen LogP contribution in [0.3, 0.4) is 0 Å². The quantitative estimate of drug-likeness (QED) is 0.764. The molecule has 0 bridgehead atoms. The van der Waals surface area contributed by atoms with Crippen LogP contribution in [0.1, 0.15) is 47.0 Å². The van der Waals surface area contributed by atoms with Gasteiger partial charge in [0.2, 0.25) is 11.8 Å². The SMILES string of the molecule is CC(C)CC[C@@H]1NC(=O)[C@H](CC(C)C)NC1=O. The number of hydrogen-bond donors (Lipinski definition) is 2. The van der Waals surface area contributed by atoms with E-state index in [0.29, 0.717) is 18.3 Å². The largest absolute Gasteiger partial charge is 0.343 e. The second-order valence-corrected chi connectivity index (χ2v) is 5.72. The highest BCUT2D eigenvalue weighted by molar-refractivity contribution is 5.96. The fraction of sp³-hybridized carbons (Fsp3) is 0.846. The minimum Gasteiger partial charge on any atom is -0.343 e. The van der Waals surface area contributed by atoms with E-state index in [2.05, 4.69) is 24.5 Å². The van der Waals surface area contributed by atoms with Gasteiger partial charge >= 0.3 is 0 Å². The van der Waals surface area contributed by atoms with E-state index >= 15 is 0 Å². The smallest absolute Gasteiger partial charge is 0.243 e. The second kappa shape index (κ2) is 6.03. The van der Waals surface area contributed by atoms with Crippen molar-refractivity contribution in [3.8, 4) is 0 Å². The molecule has 2 N–H and O–H groups in total. The molecule has 4 heteroatoms. The third-order valence-corrected chi connectivity index (χ3v) is 3.01. The highest BCUT2D eigenvalue weighted by Crippen LogP contribution is 2.13. The van der Waals surface area contributed by atoms with Crippen molar-refractivity contribution in [2.45, 2.75) is 59.0 Å². The van der Waals surface area contributed by atoms with Crippen LogP contribution in [0.25, 0.3) is 0 Å². The second-order valence-electron chi connectivity index (χ2n) is 5.72. The maximum atomic E-state index is 11.8. The van der Waals surface area contributed by atoms with Crippen molar-refractivity contribution >= 4 is 11.8 Å². The van der Waals surface area contributed by atoms with Crippen molar-refractivity contribution in [3.63, 3.8) is 0 Å². The van der Waals surface area contributed by atoms with Crippen LogP contribution in [-0.4, -0.2) is 23.9 Å². The Morgan fingerprint density at radius 1 is 0.941 bits per heavy atom. The minimum absolute atomic E-state index is 0.0316. The maximum absolute atomic E-state index is 11.8. The molecule has 98 valence electrons. The normalized spacial score (nSPS) is 25.1. The molecule has 1 heterocycles. The molecule has 0 spiro atoms. The summed E-state index contributed by atoms with van der Waals surface area (Å²) in [7, 11) is 0.